The number of halogens is 2. The molecule has 1 amide bonds. The van der Waals surface area contributed by atoms with E-state index in [-0.39, 0.29) is 5.91 Å². The van der Waals surface area contributed by atoms with Crippen molar-refractivity contribution < 1.29 is 4.79 Å². The summed E-state index contributed by atoms with van der Waals surface area (Å²) >= 11 is 9.17. The maximum Gasteiger partial charge on any atom is 0.224 e. The third kappa shape index (κ3) is 4.46. The van der Waals surface area contributed by atoms with Crippen LogP contribution in [-0.4, -0.2) is 35.4 Å². The second kappa shape index (κ2) is 7.59. The molecular weight excluding hydrogens is 318 g/mol. The van der Waals surface area contributed by atoms with Crippen molar-refractivity contribution in [2.45, 2.75) is 20.3 Å². The van der Waals surface area contributed by atoms with Gasteiger partial charge in [-0.3, -0.25) is 4.79 Å². The van der Waals surface area contributed by atoms with Gasteiger partial charge in [-0.1, -0.05) is 11.6 Å². The number of amides is 1. The highest BCUT2D eigenvalue weighted by atomic mass is 79.9. The quantitative estimate of drug-likeness (QED) is 0.869. The monoisotopic (exact) mass is 333 g/mol. The fraction of sp³-hybridized carbons (Fsp3) is 0.500. The number of carbonyl (C=O) groups excluding carboxylic acids is 1. The first-order chi connectivity index (χ1) is 8.58. The molecule has 100 valence electrons. The molecule has 1 heterocycles. The molecule has 0 radical (unpaired) electrons. The molecule has 1 rings (SSSR count). The van der Waals surface area contributed by atoms with Crippen LogP contribution in [0.15, 0.2) is 16.7 Å². The van der Waals surface area contributed by atoms with Gasteiger partial charge in [-0.2, -0.15) is 0 Å². The lowest BCUT2D eigenvalue weighted by Gasteiger charge is -2.18. The minimum Gasteiger partial charge on any atom is -0.369 e. The largest absolute Gasteiger partial charge is 0.369 e. The Bertz CT molecular complexity index is 410. The minimum atomic E-state index is 0.151. The van der Waals surface area contributed by atoms with Crippen LogP contribution in [0.5, 0.6) is 0 Å². The summed E-state index contributed by atoms with van der Waals surface area (Å²) in [5.41, 5.74) is 0. The van der Waals surface area contributed by atoms with Gasteiger partial charge < -0.3 is 10.2 Å². The second-order valence-electron chi connectivity index (χ2n) is 3.73. The Balaban J connectivity index is 2.44. The molecule has 6 heteroatoms. The van der Waals surface area contributed by atoms with Gasteiger partial charge in [0.2, 0.25) is 5.91 Å². The molecule has 1 N–H and O–H groups in total. The highest BCUT2D eigenvalue weighted by Gasteiger charge is 2.09. The fourth-order valence-corrected chi connectivity index (χ4v) is 2.35. The zero-order valence-electron chi connectivity index (χ0n) is 10.5. The summed E-state index contributed by atoms with van der Waals surface area (Å²) in [6, 6.07) is 1.77. The van der Waals surface area contributed by atoms with E-state index in [2.05, 4.69) is 26.2 Å². The van der Waals surface area contributed by atoms with Gasteiger partial charge in [0.15, 0.2) is 0 Å². The number of anilines is 1. The van der Waals surface area contributed by atoms with Crippen LogP contribution in [0.3, 0.4) is 0 Å². The van der Waals surface area contributed by atoms with Crippen LogP contribution in [0.2, 0.25) is 5.02 Å². The summed E-state index contributed by atoms with van der Waals surface area (Å²) in [5.74, 6) is 0.851. The molecule has 0 spiro atoms. The van der Waals surface area contributed by atoms with Crippen LogP contribution in [0.1, 0.15) is 20.3 Å². The number of rotatable bonds is 6. The van der Waals surface area contributed by atoms with Crippen LogP contribution in [-0.2, 0) is 4.79 Å². The van der Waals surface area contributed by atoms with Crippen LogP contribution in [0, 0.1) is 0 Å². The Morgan fingerprint density at radius 1 is 1.50 bits per heavy atom. The number of carbonyl (C=O) groups is 1. The van der Waals surface area contributed by atoms with Crippen molar-refractivity contribution >= 4 is 39.3 Å². The third-order valence-corrected chi connectivity index (χ3v) is 3.37. The summed E-state index contributed by atoms with van der Waals surface area (Å²) in [6.45, 7) is 6.01. The maximum atomic E-state index is 11.8. The van der Waals surface area contributed by atoms with Crippen LogP contribution in [0.4, 0.5) is 5.82 Å². The van der Waals surface area contributed by atoms with Gasteiger partial charge in [-0.15, -0.1) is 0 Å². The van der Waals surface area contributed by atoms with E-state index in [4.69, 9.17) is 11.6 Å². The SMILES string of the molecule is CCN(CC)C(=O)CCNc1ncc(Cl)cc1Br. The molecule has 0 aliphatic carbocycles. The second-order valence-corrected chi connectivity index (χ2v) is 5.02. The number of pyridine rings is 1. The number of hydrogen-bond acceptors (Lipinski definition) is 3. The lowest BCUT2D eigenvalue weighted by atomic mass is 10.3. The number of aromatic nitrogens is 1. The van der Waals surface area contributed by atoms with Crippen molar-refractivity contribution in [1.82, 2.24) is 9.88 Å². The van der Waals surface area contributed by atoms with Crippen LogP contribution < -0.4 is 5.32 Å². The molecule has 0 aromatic carbocycles. The van der Waals surface area contributed by atoms with Crippen LogP contribution >= 0.6 is 27.5 Å². The predicted octanol–water partition coefficient (Wildman–Crippen LogP) is 3.17. The number of nitrogens with one attached hydrogen (secondary N) is 1. The number of hydrogen-bond donors (Lipinski definition) is 1. The average Bonchev–Trinajstić information content (AvgIpc) is 2.33. The number of nitrogens with zero attached hydrogens (tertiary/aromatic N) is 2. The van der Waals surface area contributed by atoms with E-state index in [1.165, 1.54) is 0 Å². The van der Waals surface area contributed by atoms with E-state index in [0.717, 1.165) is 17.6 Å². The molecule has 0 bridgehead atoms. The van der Waals surface area contributed by atoms with E-state index < -0.39 is 0 Å². The summed E-state index contributed by atoms with van der Waals surface area (Å²) in [6.07, 6.45) is 2.03. The van der Waals surface area contributed by atoms with Crippen molar-refractivity contribution in [2.24, 2.45) is 0 Å². The van der Waals surface area contributed by atoms with Gasteiger partial charge >= 0.3 is 0 Å². The van der Waals surface area contributed by atoms with Gasteiger partial charge in [-0.05, 0) is 35.8 Å². The molecule has 1 aromatic heterocycles. The normalized spacial score (nSPS) is 10.2. The van der Waals surface area contributed by atoms with Crippen molar-refractivity contribution in [2.75, 3.05) is 25.0 Å². The topological polar surface area (TPSA) is 45.2 Å². The highest BCUT2D eigenvalue weighted by molar-refractivity contribution is 9.10. The maximum absolute atomic E-state index is 11.8. The molecule has 0 aliphatic heterocycles. The first-order valence-corrected chi connectivity index (χ1v) is 7.08. The highest BCUT2D eigenvalue weighted by Crippen LogP contribution is 2.22. The zero-order valence-corrected chi connectivity index (χ0v) is 12.9. The Hall–Kier alpha value is -0.810. The molecule has 18 heavy (non-hydrogen) atoms. The molecular formula is C12H17BrClN3O. The van der Waals surface area contributed by atoms with Crippen molar-refractivity contribution in [3.05, 3.63) is 21.8 Å². The molecule has 0 fully saturated rings. The summed E-state index contributed by atoms with van der Waals surface area (Å²) in [5, 5.41) is 3.69. The van der Waals surface area contributed by atoms with E-state index in [1.807, 2.05) is 18.7 Å². The first-order valence-electron chi connectivity index (χ1n) is 5.91. The average molecular weight is 335 g/mol. The van der Waals surface area contributed by atoms with E-state index in [0.29, 0.717) is 23.8 Å². The van der Waals surface area contributed by atoms with Crippen LogP contribution in [0.25, 0.3) is 0 Å². The smallest absolute Gasteiger partial charge is 0.224 e. The van der Waals surface area contributed by atoms with Crippen molar-refractivity contribution in [3.8, 4) is 0 Å². The van der Waals surface area contributed by atoms with Gasteiger partial charge in [0.1, 0.15) is 5.82 Å². The molecule has 0 atom stereocenters. The molecule has 0 aliphatic rings. The van der Waals surface area contributed by atoms with E-state index in [1.54, 1.807) is 12.3 Å². The van der Waals surface area contributed by atoms with Gasteiger partial charge in [0.05, 0.1) is 9.50 Å². The van der Waals surface area contributed by atoms with Gasteiger partial charge in [-0.25, -0.2) is 4.98 Å². The summed E-state index contributed by atoms with van der Waals surface area (Å²) in [4.78, 5) is 17.7. The molecule has 0 saturated heterocycles. The molecule has 0 saturated carbocycles. The molecule has 1 aromatic rings. The zero-order chi connectivity index (χ0) is 13.5. The van der Waals surface area contributed by atoms with E-state index >= 15 is 0 Å². The summed E-state index contributed by atoms with van der Waals surface area (Å²) < 4.78 is 0.797. The van der Waals surface area contributed by atoms with Gasteiger partial charge in [0, 0.05) is 32.3 Å². The minimum absolute atomic E-state index is 0.151. The lowest BCUT2D eigenvalue weighted by molar-refractivity contribution is -0.130. The Morgan fingerprint density at radius 3 is 2.72 bits per heavy atom. The lowest BCUT2D eigenvalue weighted by Crippen LogP contribution is -2.31. The Labute approximate surface area is 121 Å². The third-order valence-electron chi connectivity index (χ3n) is 2.56. The van der Waals surface area contributed by atoms with Gasteiger partial charge in [0.25, 0.3) is 0 Å². The standard InChI is InChI=1S/C12H17BrClN3O/c1-3-17(4-2)11(18)5-6-15-12-10(13)7-9(14)8-16-12/h7-8H,3-6H2,1-2H3,(H,15,16). The van der Waals surface area contributed by atoms with Crippen molar-refractivity contribution in [1.29, 1.82) is 0 Å². The van der Waals surface area contributed by atoms with Crippen molar-refractivity contribution in [3.63, 3.8) is 0 Å². The Kier molecular flexibility index (Phi) is 6.43. The molecule has 0 unspecified atom stereocenters. The molecule has 4 nitrogen and oxygen atoms in total. The fourth-order valence-electron chi connectivity index (χ4n) is 1.57. The summed E-state index contributed by atoms with van der Waals surface area (Å²) in [7, 11) is 0. The predicted molar refractivity (Wildman–Crippen MR) is 78.0 cm³/mol. The Morgan fingerprint density at radius 2 is 2.17 bits per heavy atom. The van der Waals surface area contributed by atoms with E-state index in [9.17, 15) is 4.79 Å². The first kappa shape index (κ1) is 15.2.